The van der Waals surface area contributed by atoms with Gasteiger partial charge in [0.15, 0.2) is 0 Å². The number of rotatable bonds is 8. The van der Waals surface area contributed by atoms with Gasteiger partial charge < -0.3 is 4.74 Å². The first-order valence-electron chi connectivity index (χ1n) is 9.71. The summed E-state index contributed by atoms with van der Waals surface area (Å²) < 4.78 is 33.8. The summed E-state index contributed by atoms with van der Waals surface area (Å²) in [5, 5.41) is 0. The van der Waals surface area contributed by atoms with Crippen LogP contribution in [0.3, 0.4) is 0 Å². The van der Waals surface area contributed by atoms with Crippen LogP contribution in [0, 0.1) is 0 Å². The van der Waals surface area contributed by atoms with Crippen LogP contribution in [0.4, 0.5) is 5.69 Å². The van der Waals surface area contributed by atoms with Crippen LogP contribution in [0.15, 0.2) is 119 Å². The number of benzene rings is 4. The van der Waals surface area contributed by atoms with Crippen molar-refractivity contribution in [3.8, 4) is 11.5 Å². The molecule has 0 amide bonds. The van der Waals surface area contributed by atoms with E-state index in [1.807, 2.05) is 60.7 Å². The zero-order chi connectivity index (χ0) is 21.5. The van der Waals surface area contributed by atoms with Gasteiger partial charge in [0, 0.05) is 16.3 Å². The van der Waals surface area contributed by atoms with Crippen LogP contribution in [-0.2, 0) is 15.8 Å². The SMILES string of the molecule is O=S(=O)(Nc1ccc(CSc2ccccc2)cc1)c1ccc(Oc2ccccc2)cc1. The Balaban J connectivity index is 1.37. The van der Waals surface area contributed by atoms with Crippen LogP contribution in [0.25, 0.3) is 0 Å². The number of hydrogen-bond acceptors (Lipinski definition) is 4. The first-order chi connectivity index (χ1) is 15.1. The van der Waals surface area contributed by atoms with E-state index in [0.717, 1.165) is 11.3 Å². The summed E-state index contributed by atoms with van der Waals surface area (Å²) in [6, 6.07) is 33.3. The van der Waals surface area contributed by atoms with Crippen molar-refractivity contribution in [2.45, 2.75) is 15.5 Å². The molecule has 0 aliphatic heterocycles. The molecule has 6 heteroatoms. The molecule has 156 valence electrons. The Morgan fingerprint density at radius 1 is 0.677 bits per heavy atom. The average molecular weight is 448 g/mol. The standard InChI is InChI=1S/C25H21NO3S2/c27-31(28,25-17-15-23(16-18-25)29-22-7-3-1-4-8-22)26-21-13-11-20(12-14-21)19-30-24-9-5-2-6-10-24/h1-18,26H,19H2. The van der Waals surface area contributed by atoms with E-state index in [9.17, 15) is 8.42 Å². The number of ether oxygens (including phenoxy) is 1. The van der Waals surface area contributed by atoms with Crippen molar-refractivity contribution >= 4 is 27.5 Å². The first kappa shape index (κ1) is 21.0. The number of thioether (sulfide) groups is 1. The highest BCUT2D eigenvalue weighted by Crippen LogP contribution is 2.25. The second-order valence-electron chi connectivity index (χ2n) is 6.79. The Labute approximate surface area is 187 Å². The Hall–Kier alpha value is -3.22. The van der Waals surface area contributed by atoms with Crippen molar-refractivity contribution in [3.05, 3.63) is 115 Å². The number of sulfonamides is 1. The summed E-state index contributed by atoms with van der Waals surface area (Å²) in [7, 11) is -3.68. The normalized spacial score (nSPS) is 11.1. The lowest BCUT2D eigenvalue weighted by molar-refractivity contribution is 0.482. The van der Waals surface area contributed by atoms with Gasteiger partial charge in [-0.15, -0.1) is 11.8 Å². The number of hydrogen-bond donors (Lipinski definition) is 1. The third-order valence-corrected chi connectivity index (χ3v) is 6.95. The molecular weight excluding hydrogens is 426 g/mol. The average Bonchev–Trinajstić information content (AvgIpc) is 2.80. The molecular formula is C25H21NO3S2. The highest BCUT2D eigenvalue weighted by atomic mass is 32.2. The third kappa shape index (κ3) is 5.90. The molecule has 0 bridgehead atoms. The summed E-state index contributed by atoms with van der Waals surface area (Å²) in [5.74, 6) is 2.09. The number of nitrogens with one attached hydrogen (secondary N) is 1. The highest BCUT2D eigenvalue weighted by molar-refractivity contribution is 7.98. The summed E-state index contributed by atoms with van der Waals surface area (Å²) in [5.41, 5.74) is 1.65. The predicted octanol–water partition coefficient (Wildman–Crippen LogP) is 6.57. The van der Waals surface area contributed by atoms with Crippen molar-refractivity contribution in [1.29, 1.82) is 0 Å². The fourth-order valence-electron chi connectivity index (χ4n) is 2.88. The van der Waals surface area contributed by atoms with E-state index in [1.165, 1.54) is 17.0 Å². The fourth-order valence-corrected chi connectivity index (χ4v) is 4.81. The summed E-state index contributed by atoms with van der Waals surface area (Å²) in [6.07, 6.45) is 0. The maximum absolute atomic E-state index is 12.7. The fraction of sp³-hybridized carbons (Fsp3) is 0.0400. The van der Waals surface area contributed by atoms with E-state index in [2.05, 4.69) is 16.9 Å². The minimum atomic E-state index is -3.68. The molecule has 0 saturated heterocycles. The lowest BCUT2D eigenvalue weighted by Gasteiger charge is -2.10. The van der Waals surface area contributed by atoms with Gasteiger partial charge in [-0.3, -0.25) is 4.72 Å². The molecule has 0 radical (unpaired) electrons. The molecule has 4 aromatic carbocycles. The zero-order valence-corrected chi connectivity index (χ0v) is 18.3. The predicted molar refractivity (Wildman–Crippen MR) is 126 cm³/mol. The molecule has 0 atom stereocenters. The molecule has 0 spiro atoms. The minimum Gasteiger partial charge on any atom is -0.457 e. The van der Waals surface area contributed by atoms with Gasteiger partial charge in [-0.05, 0) is 66.2 Å². The van der Waals surface area contributed by atoms with E-state index in [4.69, 9.17) is 4.74 Å². The number of para-hydroxylation sites is 1. The van der Waals surface area contributed by atoms with Crippen molar-refractivity contribution in [3.63, 3.8) is 0 Å². The van der Waals surface area contributed by atoms with Crippen molar-refractivity contribution in [1.82, 2.24) is 0 Å². The summed E-state index contributed by atoms with van der Waals surface area (Å²) >= 11 is 1.74. The van der Waals surface area contributed by atoms with Gasteiger partial charge in [-0.25, -0.2) is 8.42 Å². The Kier molecular flexibility index (Phi) is 6.60. The Morgan fingerprint density at radius 2 is 1.26 bits per heavy atom. The van der Waals surface area contributed by atoms with Gasteiger partial charge in [-0.1, -0.05) is 48.5 Å². The van der Waals surface area contributed by atoms with E-state index in [-0.39, 0.29) is 4.90 Å². The van der Waals surface area contributed by atoms with Gasteiger partial charge in [0.1, 0.15) is 11.5 Å². The molecule has 0 aromatic heterocycles. The second kappa shape index (κ2) is 9.73. The monoisotopic (exact) mass is 447 g/mol. The Bertz CT molecular complexity index is 1210. The topological polar surface area (TPSA) is 55.4 Å². The van der Waals surface area contributed by atoms with Crippen LogP contribution in [0.1, 0.15) is 5.56 Å². The molecule has 0 saturated carbocycles. The van der Waals surface area contributed by atoms with Crippen LogP contribution >= 0.6 is 11.8 Å². The van der Waals surface area contributed by atoms with Gasteiger partial charge in [0.2, 0.25) is 0 Å². The molecule has 1 N–H and O–H groups in total. The van der Waals surface area contributed by atoms with Crippen molar-refractivity contribution < 1.29 is 13.2 Å². The van der Waals surface area contributed by atoms with E-state index in [0.29, 0.717) is 17.2 Å². The minimum absolute atomic E-state index is 0.177. The molecule has 31 heavy (non-hydrogen) atoms. The lowest BCUT2D eigenvalue weighted by Crippen LogP contribution is -2.12. The van der Waals surface area contributed by atoms with Crippen LogP contribution in [0.2, 0.25) is 0 Å². The molecule has 0 fully saturated rings. The van der Waals surface area contributed by atoms with E-state index < -0.39 is 10.0 Å². The first-order valence-corrected chi connectivity index (χ1v) is 12.2. The van der Waals surface area contributed by atoms with Crippen LogP contribution < -0.4 is 9.46 Å². The largest absolute Gasteiger partial charge is 0.457 e. The quantitative estimate of drug-likeness (QED) is 0.310. The molecule has 0 aliphatic carbocycles. The van der Waals surface area contributed by atoms with E-state index >= 15 is 0 Å². The molecule has 0 heterocycles. The van der Waals surface area contributed by atoms with Gasteiger partial charge >= 0.3 is 0 Å². The third-order valence-electron chi connectivity index (χ3n) is 4.47. The van der Waals surface area contributed by atoms with Gasteiger partial charge in [0.05, 0.1) is 4.90 Å². The Morgan fingerprint density at radius 3 is 1.90 bits per heavy atom. The van der Waals surface area contributed by atoms with Crippen LogP contribution in [-0.4, -0.2) is 8.42 Å². The van der Waals surface area contributed by atoms with Gasteiger partial charge in [0.25, 0.3) is 10.0 Å². The molecule has 4 nitrogen and oxygen atoms in total. The highest BCUT2D eigenvalue weighted by Gasteiger charge is 2.14. The maximum Gasteiger partial charge on any atom is 0.261 e. The smallest absolute Gasteiger partial charge is 0.261 e. The van der Waals surface area contributed by atoms with Gasteiger partial charge in [-0.2, -0.15) is 0 Å². The molecule has 0 unspecified atom stereocenters. The lowest BCUT2D eigenvalue weighted by atomic mass is 10.2. The molecule has 4 aromatic rings. The summed E-state index contributed by atoms with van der Waals surface area (Å²) in [4.78, 5) is 1.38. The van der Waals surface area contributed by atoms with Crippen LogP contribution in [0.5, 0.6) is 11.5 Å². The van der Waals surface area contributed by atoms with Crippen molar-refractivity contribution in [2.24, 2.45) is 0 Å². The molecule has 0 aliphatic rings. The number of anilines is 1. The van der Waals surface area contributed by atoms with E-state index in [1.54, 1.807) is 36.0 Å². The van der Waals surface area contributed by atoms with Crippen molar-refractivity contribution in [2.75, 3.05) is 4.72 Å². The zero-order valence-electron chi connectivity index (χ0n) is 16.6. The maximum atomic E-state index is 12.7. The molecule has 4 rings (SSSR count). The summed E-state index contributed by atoms with van der Waals surface area (Å²) in [6.45, 7) is 0. The second-order valence-corrected chi connectivity index (χ2v) is 9.52.